The summed E-state index contributed by atoms with van der Waals surface area (Å²) in [6, 6.07) is 5.85. The summed E-state index contributed by atoms with van der Waals surface area (Å²) in [7, 11) is 0. The Labute approximate surface area is 118 Å². The van der Waals surface area contributed by atoms with Crippen molar-refractivity contribution < 1.29 is 4.79 Å². The highest BCUT2D eigenvalue weighted by Gasteiger charge is 2.21. The van der Waals surface area contributed by atoms with Gasteiger partial charge in [0.15, 0.2) is 0 Å². The molecule has 0 aliphatic carbocycles. The average molecular weight is 272 g/mol. The summed E-state index contributed by atoms with van der Waals surface area (Å²) >= 11 is 0. The van der Waals surface area contributed by atoms with E-state index < -0.39 is 0 Å². The summed E-state index contributed by atoms with van der Waals surface area (Å²) < 4.78 is 0. The molecular formula is C15H20N4O. The van der Waals surface area contributed by atoms with Gasteiger partial charge in [-0.1, -0.05) is 11.6 Å². The molecular weight excluding hydrogens is 252 g/mol. The van der Waals surface area contributed by atoms with Crippen molar-refractivity contribution in [2.75, 3.05) is 12.3 Å². The Bertz CT molecular complexity index is 652. The fourth-order valence-corrected chi connectivity index (χ4v) is 2.30. The number of anilines is 1. The van der Waals surface area contributed by atoms with Crippen molar-refractivity contribution in [1.29, 1.82) is 0 Å². The van der Waals surface area contributed by atoms with E-state index in [1.807, 2.05) is 45.9 Å². The number of aromatic nitrogens is 2. The molecule has 2 N–H and O–H groups in total. The SMILES string of the molecule is CCN(C(=O)c1nc(N)nc2ccc(C)cc12)C(C)C. The number of carbonyl (C=O) groups is 1. The van der Waals surface area contributed by atoms with Gasteiger partial charge in [-0.05, 0) is 39.8 Å². The third-order valence-electron chi connectivity index (χ3n) is 3.30. The lowest BCUT2D eigenvalue weighted by molar-refractivity contribution is 0.0713. The normalized spacial score (nSPS) is 11.1. The second kappa shape index (κ2) is 5.45. The van der Waals surface area contributed by atoms with E-state index in [0.29, 0.717) is 17.8 Å². The van der Waals surface area contributed by atoms with E-state index in [4.69, 9.17) is 5.73 Å². The van der Waals surface area contributed by atoms with Crippen LogP contribution in [0.1, 0.15) is 36.8 Å². The summed E-state index contributed by atoms with van der Waals surface area (Å²) in [6.45, 7) is 8.53. The standard InChI is InChI=1S/C15H20N4O/c1-5-19(9(2)3)14(20)13-11-8-10(4)6-7-12(11)17-15(16)18-13/h6-9H,5H2,1-4H3,(H2,16,17,18). The first kappa shape index (κ1) is 14.2. The molecule has 106 valence electrons. The molecule has 0 aliphatic rings. The van der Waals surface area contributed by atoms with Crippen LogP contribution >= 0.6 is 0 Å². The van der Waals surface area contributed by atoms with Gasteiger partial charge in [-0.2, -0.15) is 0 Å². The minimum Gasteiger partial charge on any atom is -0.368 e. The lowest BCUT2D eigenvalue weighted by Gasteiger charge is -2.25. The van der Waals surface area contributed by atoms with Gasteiger partial charge in [-0.3, -0.25) is 4.79 Å². The smallest absolute Gasteiger partial charge is 0.273 e. The van der Waals surface area contributed by atoms with Crippen LogP contribution in [-0.4, -0.2) is 33.4 Å². The molecule has 0 saturated carbocycles. The number of carbonyl (C=O) groups excluding carboxylic acids is 1. The van der Waals surface area contributed by atoms with Gasteiger partial charge in [0.1, 0.15) is 5.69 Å². The first-order valence-corrected chi connectivity index (χ1v) is 6.79. The number of benzene rings is 1. The van der Waals surface area contributed by atoms with Gasteiger partial charge in [-0.25, -0.2) is 9.97 Å². The number of aryl methyl sites for hydroxylation is 1. The minimum absolute atomic E-state index is 0.104. The van der Waals surface area contributed by atoms with Crippen molar-refractivity contribution in [3.8, 4) is 0 Å². The van der Waals surface area contributed by atoms with Crippen molar-refractivity contribution in [2.24, 2.45) is 0 Å². The molecule has 1 aromatic heterocycles. The number of hydrogen-bond donors (Lipinski definition) is 1. The molecule has 1 aromatic carbocycles. The van der Waals surface area contributed by atoms with Crippen LogP contribution in [0.25, 0.3) is 10.9 Å². The van der Waals surface area contributed by atoms with E-state index in [0.717, 1.165) is 10.9 Å². The molecule has 0 saturated heterocycles. The maximum absolute atomic E-state index is 12.7. The van der Waals surface area contributed by atoms with Crippen LogP contribution in [0.4, 0.5) is 5.95 Å². The maximum atomic E-state index is 12.7. The molecule has 5 nitrogen and oxygen atoms in total. The lowest BCUT2D eigenvalue weighted by atomic mass is 10.1. The van der Waals surface area contributed by atoms with Crippen molar-refractivity contribution >= 4 is 22.8 Å². The zero-order valence-corrected chi connectivity index (χ0v) is 12.3. The Morgan fingerprint density at radius 1 is 1.35 bits per heavy atom. The van der Waals surface area contributed by atoms with E-state index in [-0.39, 0.29) is 17.9 Å². The van der Waals surface area contributed by atoms with E-state index >= 15 is 0 Å². The van der Waals surface area contributed by atoms with Gasteiger partial charge in [0, 0.05) is 18.0 Å². The number of fused-ring (bicyclic) bond motifs is 1. The Morgan fingerprint density at radius 2 is 2.05 bits per heavy atom. The average Bonchev–Trinajstić information content (AvgIpc) is 2.38. The lowest BCUT2D eigenvalue weighted by Crippen LogP contribution is -2.37. The quantitative estimate of drug-likeness (QED) is 0.931. The van der Waals surface area contributed by atoms with Crippen LogP contribution in [-0.2, 0) is 0 Å². The van der Waals surface area contributed by atoms with Crippen molar-refractivity contribution in [1.82, 2.24) is 14.9 Å². The number of rotatable bonds is 3. The summed E-state index contributed by atoms with van der Waals surface area (Å²) in [5, 5.41) is 0.753. The molecule has 20 heavy (non-hydrogen) atoms. The molecule has 5 heteroatoms. The first-order chi connectivity index (χ1) is 9.43. The highest BCUT2D eigenvalue weighted by Crippen LogP contribution is 2.20. The van der Waals surface area contributed by atoms with Gasteiger partial charge >= 0.3 is 0 Å². The fourth-order valence-electron chi connectivity index (χ4n) is 2.30. The second-order valence-corrected chi connectivity index (χ2v) is 5.14. The molecule has 0 bridgehead atoms. The van der Waals surface area contributed by atoms with Gasteiger partial charge in [-0.15, -0.1) is 0 Å². The van der Waals surface area contributed by atoms with Crippen LogP contribution < -0.4 is 5.73 Å². The Balaban J connectivity index is 2.63. The van der Waals surface area contributed by atoms with Gasteiger partial charge < -0.3 is 10.6 Å². The highest BCUT2D eigenvalue weighted by molar-refractivity contribution is 6.04. The number of nitrogen functional groups attached to an aromatic ring is 1. The minimum atomic E-state index is -0.104. The van der Waals surface area contributed by atoms with Crippen molar-refractivity contribution in [3.05, 3.63) is 29.5 Å². The van der Waals surface area contributed by atoms with Crippen LogP contribution in [0.5, 0.6) is 0 Å². The fraction of sp³-hybridized carbons (Fsp3) is 0.400. The van der Waals surface area contributed by atoms with Crippen LogP contribution in [0, 0.1) is 6.92 Å². The molecule has 0 unspecified atom stereocenters. The third-order valence-corrected chi connectivity index (χ3v) is 3.30. The van der Waals surface area contributed by atoms with Gasteiger partial charge in [0.25, 0.3) is 5.91 Å². The van der Waals surface area contributed by atoms with E-state index in [1.165, 1.54) is 0 Å². The summed E-state index contributed by atoms with van der Waals surface area (Å²) in [6.07, 6.45) is 0. The molecule has 0 spiro atoms. The van der Waals surface area contributed by atoms with Crippen LogP contribution in [0.2, 0.25) is 0 Å². The summed E-state index contributed by atoms with van der Waals surface area (Å²) in [5.41, 5.74) is 7.87. The predicted molar refractivity (Wildman–Crippen MR) is 80.5 cm³/mol. The highest BCUT2D eigenvalue weighted by atomic mass is 16.2. The number of nitrogens with zero attached hydrogens (tertiary/aromatic N) is 3. The van der Waals surface area contributed by atoms with Crippen LogP contribution in [0.3, 0.4) is 0 Å². The first-order valence-electron chi connectivity index (χ1n) is 6.79. The molecule has 1 heterocycles. The van der Waals surface area contributed by atoms with Crippen molar-refractivity contribution in [2.45, 2.75) is 33.7 Å². The molecule has 2 rings (SSSR count). The maximum Gasteiger partial charge on any atom is 0.273 e. The monoisotopic (exact) mass is 272 g/mol. The molecule has 0 atom stereocenters. The topological polar surface area (TPSA) is 72.1 Å². The number of amides is 1. The molecule has 1 amide bonds. The predicted octanol–water partition coefficient (Wildman–Crippen LogP) is 2.39. The zero-order valence-electron chi connectivity index (χ0n) is 12.3. The van der Waals surface area contributed by atoms with Gasteiger partial charge in [0.05, 0.1) is 5.52 Å². The third kappa shape index (κ3) is 2.57. The second-order valence-electron chi connectivity index (χ2n) is 5.14. The molecule has 2 aromatic rings. The number of nitrogens with two attached hydrogens (primary N) is 1. The van der Waals surface area contributed by atoms with E-state index in [1.54, 1.807) is 4.90 Å². The largest absolute Gasteiger partial charge is 0.368 e. The van der Waals surface area contributed by atoms with Gasteiger partial charge in [0.2, 0.25) is 5.95 Å². The molecule has 0 fully saturated rings. The Kier molecular flexibility index (Phi) is 3.88. The van der Waals surface area contributed by atoms with E-state index in [2.05, 4.69) is 9.97 Å². The number of hydrogen-bond acceptors (Lipinski definition) is 4. The molecule has 0 radical (unpaired) electrons. The van der Waals surface area contributed by atoms with Crippen molar-refractivity contribution in [3.63, 3.8) is 0 Å². The molecule has 0 aliphatic heterocycles. The zero-order chi connectivity index (χ0) is 14.9. The summed E-state index contributed by atoms with van der Waals surface area (Å²) in [4.78, 5) is 22.8. The Hall–Kier alpha value is -2.17. The summed E-state index contributed by atoms with van der Waals surface area (Å²) in [5.74, 6) is 0.0247. The Morgan fingerprint density at radius 3 is 2.65 bits per heavy atom. The van der Waals surface area contributed by atoms with Crippen LogP contribution in [0.15, 0.2) is 18.2 Å². The van der Waals surface area contributed by atoms with E-state index in [9.17, 15) is 4.79 Å².